The van der Waals surface area contributed by atoms with Gasteiger partial charge in [0.05, 0.1) is 6.26 Å². The minimum atomic E-state index is -3.67. The molecule has 24 heavy (non-hydrogen) atoms. The molecule has 7 nitrogen and oxygen atoms in total. The first-order valence-corrected chi connectivity index (χ1v) is 10.1. The Balaban J connectivity index is 0.000000505. The van der Waals surface area contributed by atoms with Gasteiger partial charge in [-0.05, 0) is 48.8 Å². The summed E-state index contributed by atoms with van der Waals surface area (Å²) in [5, 5.41) is 0. The van der Waals surface area contributed by atoms with Gasteiger partial charge in [0, 0.05) is 10.5 Å². The van der Waals surface area contributed by atoms with Crippen LogP contribution in [0.5, 0.6) is 0 Å². The maximum absolute atomic E-state index is 11.9. The monoisotopic (exact) mass is 371 g/mol. The molecule has 0 aliphatic heterocycles. The number of carbonyl (C=O) groups excluding carboxylic acids is 1. The topological polar surface area (TPSA) is 136 Å². The Labute approximate surface area is 146 Å². The average molecular weight is 371 g/mol. The number of hydrogen-bond acceptors (Lipinski definition) is 4. The first-order chi connectivity index (χ1) is 11.1. The van der Waals surface area contributed by atoms with Gasteiger partial charge in [0.15, 0.2) is 5.96 Å². The molecule has 0 aromatic heterocycles. The van der Waals surface area contributed by atoms with Gasteiger partial charge < -0.3 is 11.5 Å². The molecule has 0 fully saturated rings. The Morgan fingerprint density at radius 2 is 1.92 bits per heavy atom. The zero-order chi connectivity index (χ0) is 18.3. The predicted octanol–water partition coefficient (Wildman–Crippen LogP) is 1.43. The quantitative estimate of drug-likeness (QED) is 0.310. The molecule has 0 heterocycles. The Kier molecular flexibility index (Phi) is 7.46. The molecule has 0 unspecified atom stereocenters. The van der Waals surface area contributed by atoms with Crippen LogP contribution in [0.3, 0.4) is 0 Å². The Morgan fingerprint density at radius 1 is 1.29 bits per heavy atom. The largest absolute Gasteiger partial charge is 0.370 e. The van der Waals surface area contributed by atoms with Crippen molar-refractivity contribution in [1.29, 1.82) is 0 Å². The van der Waals surface area contributed by atoms with Gasteiger partial charge in [0.25, 0.3) is 16.0 Å². The number of fused-ring (bicyclic) bond motifs is 1. The van der Waals surface area contributed by atoms with Crippen LogP contribution in [0.2, 0.25) is 0 Å². The summed E-state index contributed by atoms with van der Waals surface area (Å²) < 4.78 is 25.9. The number of nitrogens with two attached hydrogens (primary N) is 2. The van der Waals surface area contributed by atoms with E-state index in [0.29, 0.717) is 18.2 Å². The van der Waals surface area contributed by atoms with Gasteiger partial charge in [-0.15, -0.1) is 11.8 Å². The Hall–Kier alpha value is -1.84. The number of amides is 1. The number of guanidine groups is 1. The van der Waals surface area contributed by atoms with Crippen molar-refractivity contribution in [1.82, 2.24) is 0 Å². The van der Waals surface area contributed by atoms with Gasteiger partial charge in [0.2, 0.25) is 0 Å². The molecule has 0 saturated carbocycles. The van der Waals surface area contributed by atoms with Crippen LogP contribution < -0.4 is 11.5 Å². The van der Waals surface area contributed by atoms with Gasteiger partial charge in [-0.2, -0.15) is 13.4 Å². The normalized spacial score (nSPS) is 13.5. The van der Waals surface area contributed by atoms with Gasteiger partial charge in [0.1, 0.15) is 0 Å². The van der Waals surface area contributed by atoms with Crippen LogP contribution in [-0.2, 0) is 21.3 Å². The van der Waals surface area contributed by atoms with Crippen molar-refractivity contribution in [2.24, 2.45) is 16.5 Å². The molecule has 132 valence electrons. The van der Waals surface area contributed by atoms with Gasteiger partial charge in [-0.25, -0.2) is 0 Å². The molecular formula is C15H21N3O4S2. The van der Waals surface area contributed by atoms with Crippen molar-refractivity contribution < 1.29 is 17.8 Å². The summed E-state index contributed by atoms with van der Waals surface area (Å²) in [6.45, 7) is 0. The third-order valence-corrected chi connectivity index (χ3v) is 3.92. The van der Waals surface area contributed by atoms with Gasteiger partial charge in [-0.3, -0.25) is 9.35 Å². The Morgan fingerprint density at radius 3 is 2.46 bits per heavy atom. The first kappa shape index (κ1) is 20.2. The third-order valence-electron chi connectivity index (χ3n) is 3.10. The zero-order valence-corrected chi connectivity index (χ0v) is 15.2. The summed E-state index contributed by atoms with van der Waals surface area (Å²) in [6, 6.07) is 6.15. The molecule has 1 aromatic rings. The fraction of sp³-hybridized carbons (Fsp3) is 0.333. The summed E-state index contributed by atoms with van der Waals surface area (Å²) in [6.07, 6.45) is 7.31. The Bertz CT molecular complexity index is 759. The number of carbonyl (C=O) groups is 1. The minimum Gasteiger partial charge on any atom is -0.370 e. The van der Waals surface area contributed by atoms with Gasteiger partial charge in [-0.1, -0.05) is 12.1 Å². The number of benzene rings is 1. The van der Waals surface area contributed by atoms with Crippen LogP contribution in [-0.4, -0.2) is 37.3 Å². The van der Waals surface area contributed by atoms with E-state index in [1.165, 1.54) is 10.5 Å². The highest BCUT2D eigenvalue weighted by atomic mass is 32.2. The second-order valence-corrected chi connectivity index (χ2v) is 7.44. The molecule has 1 aliphatic carbocycles. The molecular weight excluding hydrogens is 350 g/mol. The molecule has 0 radical (unpaired) electrons. The summed E-state index contributed by atoms with van der Waals surface area (Å²) in [5.41, 5.74) is 13.6. The SMILES string of the molecule is CS(=O)(=O)O.CSc1cccc2c1CCCC(C(=O)N=C(N)N)=C2. The lowest BCUT2D eigenvalue weighted by Crippen LogP contribution is -2.24. The molecule has 0 bridgehead atoms. The van der Waals surface area contributed by atoms with E-state index < -0.39 is 10.1 Å². The standard InChI is InChI=1S/C14H17N3OS.CH4O3S/c1-19-12-7-3-4-9-8-10(5-2-6-11(9)12)13(18)17-14(15)16;1-5(2,3)4/h3-4,7-8H,2,5-6H2,1H3,(H4,15,16,17,18);1H3,(H,2,3,4). The lowest BCUT2D eigenvalue weighted by molar-refractivity contribution is -0.114. The van der Waals surface area contributed by atoms with E-state index in [-0.39, 0.29) is 11.9 Å². The van der Waals surface area contributed by atoms with Crippen LogP contribution in [0.1, 0.15) is 24.0 Å². The summed E-state index contributed by atoms with van der Waals surface area (Å²) >= 11 is 1.73. The van der Waals surface area contributed by atoms with Crippen LogP contribution in [0.15, 0.2) is 33.7 Å². The number of hydrogen-bond donors (Lipinski definition) is 3. The average Bonchev–Trinajstić information content (AvgIpc) is 2.66. The number of rotatable bonds is 2. The molecule has 0 spiro atoms. The maximum atomic E-state index is 11.9. The van der Waals surface area contributed by atoms with Crippen LogP contribution in [0.25, 0.3) is 6.08 Å². The molecule has 5 N–H and O–H groups in total. The fourth-order valence-electron chi connectivity index (χ4n) is 2.25. The van der Waals surface area contributed by atoms with Crippen molar-refractivity contribution in [3.8, 4) is 0 Å². The lowest BCUT2D eigenvalue weighted by atomic mass is 10.0. The molecule has 2 rings (SSSR count). The predicted molar refractivity (Wildman–Crippen MR) is 97.4 cm³/mol. The van der Waals surface area contributed by atoms with Crippen LogP contribution >= 0.6 is 11.8 Å². The second-order valence-electron chi connectivity index (χ2n) is 5.13. The van der Waals surface area contributed by atoms with E-state index in [4.69, 9.17) is 16.0 Å². The molecule has 9 heteroatoms. The van der Waals surface area contributed by atoms with E-state index in [2.05, 4.69) is 17.3 Å². The van der Waals surface area contributed by atoms with E-state index in [0.717, 1.165) is 18.4 Å². The van der Waals surface area contributed by atoms with Gasteiger partial charge >= 0.3 is 0 Å². The molecule has 1 aliphatic rings. The minimum absolute atomic E-state index is 0.187. The highest BCUT2D eigenvalue weighted by molar-refractivity contribution is 7.98. The van der Waals surface area contributed by atoms with Crippen molar-refractivity contribution in [3.05, 3.63) is 34.9 Å². The van der Waals surface area contributed by atoms with E-state index in [1.807, 2.05) is 18.2 Å². The smallest absolute Gasteiger partial charge is 0.276 e. The molecule has 0 saturated heterocycles. The fourth-order valence-corrected chi connectivity index (χ4v) is 2.93. The van der Waals surface area contributed by atoms with Crippen LogP contribution in [0, 0.1) is 0 Å². The van der Waals surface area contributed by atoms with Crippen LogP contribution in [0.4, 0.5) is 0 Å². The summed E-state index contributed by atoms with van der Waals surface area (Å²) in [4.78, 5) is 16.8. The summed E-state index contributed by atoms with van der Waals surface area (Å²) in [5.74, 6) is -0.518. The molecule has 1 aromatic carbocycles. The zero-order valence-electron chi connectivity index (χ0n) is 13.5. The van der Waals surface area contributed by atoms with Crippen molar-refractivity contribution in [3.63, 3.8) is 0 Å². The van der Waals surface area contributed by atoms with E-state index in [9.17, 15) is 13.2 Å². The summed E-state index contributed by atoms with van der Waals surface area (Å²) in [7, 11) is -3.67. The third kappa shape index (κ3) is 7.16. The molecule has 0 atom stereocenters. The van der Waals surface area contributed by atoms with Crippen molar-refractivity contribution >= 4 is 39.8 Å². The van der Waals surface area contributed by atoms with E-state index >= 15 is 0 Å². The highest BCUT2D eigenvalue weighted by Gasteiger charge is 2.16. The molecule has 1 amide bonds. The lowest BCUT2D eigenvalue weighted by Gasteiger charge is -2.08. The van der Waals surface area contributed by atoms with Crippen molar-refractivity contribution in [2.75, 3.05) is 12.5 Å². The van der Waals surface area contributed by atoms with Crippen molar-refractivity contribution in [2.45, 2.75) is 24.2 Å². The maximum Gasteiger partial charge on any atom is 0.276 e. The number of aliphatic imine (C=N–C) groups is 1. The number of thioether (sulfide) groups is 1. The number of nitrogens with zero attached hydrogens (tertiary/aromatic N) is 1. The highest BCUT2D eigenvalue weighted by Crippen LogP contribution is 2.30. The first-order valence-electron chi connectivity index (χ1n) is 7.04. The second kappa shape index (κ2) is 8.86. The van der Waals surface area contributed by atoms with E-state index in [1.54, 1.807) is 11.8 Å².